The number of hydrogen-bond acceptors (Lipinski definition) is 5. The maximum absolute atomic E-state index is 13.0. The van der Waals surface area contributed by atoms with Crippen LogP contribution in [0.25, 0.3) is 0 Å². The minimum absolute atomic E-state index is 0.152. The first-order valence-electron chi connectivity index (χ1n) is 11.6. The van der Waals surface area contributed by atoms with E-state index in [1.54, 1.807) is 40.3 Å². The molecule has 1 N–H and O–H groups in total. The number of carbonyl (C=O) groups excluding carboxylic acids is 1. The molecule has 2 aliphatic heterocycles. The third kappa shape index (κ3) is 4.71. The SMILES string of the molecule is O=C(CCN1c2ccccc2Sc2ccccc21)Nc1cccc(S(=O)(=O)N2CCCCC2)c1. The van der Waals surface area contributed by atoms with Crippen LogP contribution >= 0.6 is 11.8 Å². The summed E-state index contributed by atoms with van der Waals surface area (Å²) in [7, 11) is -3.55. The predicted molar refractivity (Wildman–Crippen MR) is 136 cm³/mol. The van der Waals surface area contributed by atoms with Crippen molar-refractivity contribution in [2.24, 2.45) is 0 Å². The number of fused-ring (bicyclic) bond motifs is 2. The van der Waals surface area contributed by atoms with Crippen LogP contribution in [0.15, 0.2) is 87.5 Å². The fourth-order valence-corrected chi connectivity index (χ4v) is 7.11. The number of nitrogens with one attached hydrogen (secondary N) is 1. The molecule has 0 unspecified atom stereocenters. The monoisotopic (exact) mass is 493 g/mol. The van der Waals surface area contributed by atoms with Crippen molar-refractivity contribution >= 4 is 44.8 Å². The molecule has 0 radical (unpaired) electrons. The summed E-state index contributed by atoms with van der Waals surface area (Å²) in [5.74, 6) is -0.152. The summed E-state index contributed by atoms with van der Waals surface area (Å²) in [6.07, 6.45) is 3.11. The minimum atomic E-state index is -3.55. The topological polar surface area (TPSA) is 69.7 Å². The molecule has 0 spiro atoms. The Hall–Kier alpha value is -2.81. The van der Waals surface area contributed by atoms with E-state index >= 15 is 0 Å². The molecule has 0 aromatic heterocycles. The van der Waals surface area contributed by atoms with E-state index in [1.807, 2.05) is 24.3 Å². The summed E-state index contributed by atoms with van der Waals surface area (Å²) in [6.45, 7) is 1.62. The van der Waals surface area contributed by atoms with Gasteiger partial charge in [-0.3, -0.25) is 4.79 Å². The Balaban J connectivity index is 1.29. The van der Waals surface area contributed by atoms with Crippen LogP contribution in [0.1, 0.15) is 25.7 Å². The van der Waals surface area contributed by atoms with Gasteiger partial charge in [0, 0.05) is 41.5 Å². The highest BCUT2D eigenvalue weighted by Crippen LogP contribution is 2.47. The largest absolute Gasteiger partial charge is 0.339 e. The van der Waals surface area contributed by atoms with Gasteiger partial charge in [-0.25, -0.2) is 8.42 Å². The van der Waals surface area contributed by atoms with Crippen molar-refractivity contribution in [1.29, 1.82) is 0 Å². The van der Waals surface area contributed by atoms with Gasteiger partial charge in [0.05, 0.1) is 16.3 Å². The van der Waals surface area contributed by atoms with Crippen LogP contribution in [0, 0.1) is 0 Å². The lowest BCUT2D eigenvalue weighted by Gasteiger charge is -2.32. The summed E-state index contributed by atoms with van der Waals surface area (Å²) in [5.41, 5.74) is 2.68. The van der Waals surface area contributed by atoms with E-state index in [0.717, 1.165) is 40.4 Å². The van der Waals surface area contributed by atoms with Gasteiger partial charge < -0.3 is 10.2 Å². The van der Waals surface area contributed by atoms with Gasteiger partial charge in [0.15, 0.2) is 0 Å². The van der Waals surface area contributed by atoms with E-state index in [1.165, 1.54) is 0 Å². The molecule has 176 valence electrons. The molecule has 3 aromatic carbocycles. The van der Waals surface area contributed by atoms with E-state index in [0.29, 0.717) is 25.3 Å². The number of hydrogen-bond donors (Lipinski definition) is 1. The zero-order chi connectivity index (χ0) is 23.5. The lowest BCUT2D eigenvalue weighted by Crippen LogP contribution is -2.35. The van der Waals surface area contributed by atoms with Gasteiger partial charge in [0.25, 0.3) is 0 Å². The van der Waals surface area contributed by atoms with Crippen LogP contribution in [0.5, 0.6) is 0 Å². The van der Waals surface area contributed by atoms with E-state index in [9.17, 15) is 13.2 Å². The molecule has 1 fully saturated rings. The van der Waals surface area contributed by atoms with Crippen molar-refractivity contribution in [3.8, 4) is 0 Å². The third-order valence-electron chi connectivity index (χ3n) is 6.17. The lowest BCUT2D eigenvalue weighted by molar-refractivity contribution is -0.116. The van der Waals surface area contributed by atoms with Crippen LogP contribution in [0.2, 0.25) is 0 Å². The van der Waals surface area contributed by atoms with Gasteiger partial charge >= 0.3 is 0 Å². The molecule has 2 heterocycles. The third-order valence-corrected chi connectivity index (χ3v) is 9.19. The van der Waals surface area contributed by atoms with Crippen molar-refractivity contribution < 1.29 is 13.2 Å². The van der Waals surface area contributed by atoms with Crippen molar-refractivity contribution in [3.05, 3.63) is 72.8 Å². The highest BCUT2D eigenvalue weighted by atomic mass is 32.2. The molecular formula is C26H27N3O3S2. The number of carbonyl (C=O) groups is 1. The number of sulfonamides is 1. The van der Waals surface area contributed by atoms with Gasteiger partial charge in [-0.05, 0) is 55.3 Å². The smallest absolute Gasteiger partial charge is 0.243 e. The molecule has 0 aliphatic carbocycles. The number of anilines is 3. The Morgan fingerprint density at radius 1 is 0.853 bits per heavy atom. The second kappa shape index (κ2) is 9.82. The zero-order valence-electron chi connectivity index (χ0n) is 18.8. The molecule has 8 heteroatoms. The molecule has 0 saturated carbocycles. The first kappa shape index (κ1) is 23.0. The van der Waals surface area contributed by atoms with Crippen LogP contribution < -0.4 is 10.2 Å². The summed E-state index contributed by atoms with van der Waals surface area (Å²) in [4.78, 5) is 17.6. The Bertz CT molecular complexity index is 1260. The Kier molecular flexibility index (Phi) is 6.63. The van der Waals surface area contributed by atoms with Crippen molar-refractivity contribution in [2.75, 3.05) is 29.9 Å². The van der Waals surface area contributed by atoms with Gasteiger partial charge in [0.2, 0.25) is 15.9 Å². The summed E-state index contributed by atoms with van der Waals surface area (Å²) < 4.78 is 27.5. The highest BCUT2D eigenvalue weighted by molar-refractivity contribution is 7.99. The van der Waals surface area contributed by atoms with Crippen LogP contribution in [0.3, 0.4) is 0 Å². The van der Waals surface area contributed by atoms with E-state index < -0.39 is 10.0 Å². The number of benzene rings is 3. The quantitative estimate of drug-likeness (QED) is 0.492. The maximum Gasteiger partial charge on any atom is 0.243 e. The van der Waals surface area contributed by atoms with Gasteiger partial charge in [-0.15, -0.1) is 0 Å². The van der Waals surface area contributed by atoms with Crippen molar-refractivity contribution in [1.82, 2.24) is 4.31 Å². The molecular weight excluding hydrogens is 466 g/mol. The Labute approximate surface area is 205 Å². The molecule has 0 bridgehead atoms. The van der Waals surface area contributed by atoms with E-state index in [2.05, 4.69) is 34.5 Å². The van der Waals surface area contributed by atoms with Crippen LogP contribution in [0.4, 0.5) is 17.1 Å². The standard InChI is InChI=1S/C26H27N3O3S2/c30-26(27-20-9-8-10-21(19-20)34(31,32)28-16-6-1-7-17-28)15-18-29-22-11-2-4-13-24(22)33-25-14-5-3-12-23(25)29/h2-5,8-14,19H,1,6-7,15-18H2,(H,27,30). The number of rotatable bonds is 6. The molecule has 5 rings (SSSR count). The van der Waals surface area contributed by atoms with Gasteiger partial charge in [0.1, 0.15) is 0 Å². The first-order chi connectivity index (χ1) is 16.5. The molecule has 6 nitrogen and oxygen atoms in total. The second-order valence-electron chi connectivity index (χ2n) is 8.48. The fraction of sp³-hybridized carbons (Fsp3) is 0.269. The minimum Gasteiger partial charge on any atom is -0.339 e. The van der Waals surface area contributed by atoms with Crippen molar-refractivity contribution in [3.63, 3.8) is 0 Å². The molecule has 1 amide bonds. The summed E-state index contributed by atoms with van der Waals surface area (Å²) >= 11 is 1.74. The van der Waals surface area contributed by atoms with Crippen LogP contribution in [-0.4, -0.2) is 38.3 Å². The molecule has 1 saturated heterocycles. The normalized spacial score (nSPS) is 15.9. The molecule has 2 aliphatic rings. The average molecular weight is 494 g/mol. The number of para-hydroxylation sites is 2. The Morgan fingerprint density at radius 3 is 2.18 bits per heavy atom. The summed E-state index contributed by atoms with van der Waals surface area (Å²) in [5, 5.41) is 2.89. The molecule has 3 aromatic rings. The molecule has 34 heavy (non-hydrogen) atoms. The Morgan fingerprint density at radius 2 is 1.50 bits per heavy atom. The lowest BCUT2D eigenvalue weighted by atomic mass is 10.2. The van der Waals surface area contributed by atoms with Crippen molar-refractivity contribution in [2.45, 2.75) is 40.4 Å². The van der Waals surface area contributed by atoms with E-state index in [-0.39, 0.29) is 17.2 Å². The summed E-state index contributed by atoms with van der Waals surface area (Å²) in [6, 6.07) is 23.0. The van der Waals surface area contributed by atoms with Gasteiger partial charge in [-0.2, -0.15) is 4.31 Å². The zero-order valence-corrected chi connectivity index (χ0v) is 20.4. The van der Waals surface area contributed by atoms with Gasteiger partial charge in [-0.1, -0.05) is 48.5 Å². The fourth-order valence-electron chi connectivity index (χ4n) is 4.45. The molecule has 0 atom stereocenters. The predicted octanol–water partition coefficient (Wildman–Crippen LogP) is 5.49. The van der Waals surface area contributed by atoms with E-state index in [4.69, 9.17) is 0 Å². The maximum atomic E-state index is 13.0. The number of nitrogens with zero attached hydrogens (tertiary/aromatic N) is 2. The average Bonchev–Trinajstić information content (AvgIpc) is 2.87. The number of amides is 1. The number of piperidine rings is 1. The second-order valence-corrected chi connectivity index (χ2v) is 11.5. The highest BCUT2D eigenvalue weighted by Gasteiger charge is 2.26. The first-order valence-corrected chi connectivity index (χ1v) is 13.8. The van der Waals surface area contributed by atoms with Crippen LogP contribution in [-0.2, 0) is 14.8 Å².